The molecule has 2 aromatic rings. The van der Waals surface area contributed by atoms with Gasteiger partial charge in [-0.15, -0.1) is 0 Å². The van der Waals surface area contributed by atoms with Gasteiger partial charge in [-0.2, -0.15) is 0 Å². The quantitative estimate of drug-likeness (QED) is 0.499. The number of hydrogen-bond acceptors (Lipinski definition) is 5. The lowest BCUT2D eigenvalue weighted by molar-refractivity contribution is -0.147. The molecule has 1 unspecified atom stereocenters. The van der Waals surface area contributed by atoms with Gasteiger partial charge in [0.1, 0.15) is 5.75 Å². The summed E-state index contributed by atoms with van der Waals surface area (Å²) in [5.41, 5.74) is 5.64. The fourth-order valence-corrected chi connectivity index (χ4v) is 2.67. The van der Waals surface area contributed by atoms with Gasteiger partial charge < -0.3 is 15.3 Å². The van der Waals surface area contributed by atoms with E-state index in [9.17, 15) is 14.7 Å². The third-order valence-electron chi connectivity index (χ3n) is 4.01. The van der Waals surface area contributed by atoms with Crippen LogP contribution in [0.1, 0.15) is 37.0 Å². The van der Waals surface area contributed by atoms with E-state index in [4.69, 9.17) is 4.74 Å². The number of amides is 1. The minimum absolute atomic E-state index is 0.121. The Morgan fingerprint density at radius 3 is 2.42 bits per heavy atom. The van der Waals surface area contributed by atoms with Crippen LogP contribution in [0.4, 0.5) is 0 Å². The van der Waals surface area contributed by atoms with Crippen molar-refractivity contribution >= 4 is 22.6 Å². The Labute approximate surface area is 152 Å². The lowest BCUT2D eigenvalue weighted by Gasteiger charge is -2.19. The van der Waals surface area contributed by atoms with Crippen molar-refractivity contribution in [2.75, 3.05) is 6.61 Å². The maximum atomic E-state index is 12.4. The summed E-state index contributed by atoms with van der Waals surface area (Å²) in [6.07, 6.45) is 1.32. The zero-order valence-corrected chi connectivity index (χ0v) is 15.0. The Kier molecular flexibility index (Phi) is 6.60. The molecule has 0 radical (unpaired) electrons. The van der Waals surface area contributed by atoms with Gasteiger partial charge in [0.25, 0.3) is 5.91 Å². The smallest absolute Gasteiger partial charge is 0.314 e. The average molecular weight is 356 g/mol. The molecule has 138 valence electrons. The van der Waals surface area contributed by atoms with Gasteiger partial charge in [0.05, 0.1) is 18.1 Å². The van der Waals surface area contributed by atoms with Crippen LogP contribution in [0.2, 0.25) is 0 Å². The van der Waals surface area contributed by atoms with Gasteiger partial charge in [-0.05, 0) is 36.2 Å². The lowest BCUT2D eigenvalue weighted by Crippen LogP contribution is -2.40. The van der Waals surface area contributed by atoms with Crippen LogP contribution in [0.25, 0.3) is 10.8 Å². The number of hydrazine groups is 1. The largest absolute Gasteiger partial charge is 0.507 e. The van der Waals surface area contributed by atoms with Gasteiger partial charge in [0.2, 0.25) is 0 Å². The molecule has 2 rings (SSSR count). The molecule has 26 heavy (non-hydrogen) atoms. The van der Waals surface area contributed by atoms with Gasteiger partial charge in [-0.25, -0.2) is 0 Å². The second kappa shape index (κ2) is 8.89. The Morgan fingerprint density at radius 1 is 1.15 bits per heavy atom. The van der Waals surface area contributed by atoms with E-state index in [-0.39, 0.29) is 23.9 Å². The summed E-state index contributed by atoms with van der Waals surface area (Å²) < 4.78 is 5.04. The number of nitrogens with one attached hydrogen (secondary N) is 2. The standard InChI is InChI=1S/C20H24N2O4/c1-4-8-16(20(25)26-5-2)13(3)21-22-19(24)17-11-14-9-6-7-10-15(14)12-18(17)23/h6-7,9-12,16,21,23H,3-5,8H2,1-2H3,(H,22,24). The number of phenols is 1. The van der Waals surface area contributed by atoms with E-state index in [1.165, 1.54) is 6.07 Å². The summed E-state index contributed by atoms with van der Waals surface area (Å²) in [5, 5.41) is 11.8. The van der Waals surface area contributed by atoms with Crippen LogP contribution in [-0.4, -0.2) is 23.6 Å². The topological polar surface area (TPSA) is 87.7 Å². The molecule has 1 atom stereocenters. The molecule has 0 aromatic heterocycles. The minimum atomic E-state index is -0.551. The van der Waals surface area contributed by atoms with Gasteiger partial charge in [-0.1, -0.05) is 44.2 Å². The highest BCUT2D eigenvalue weighted by molar-refractivity contribution is 6.01. The first-order valence-corrected chi connectivity index (χ1v) is 8.61. The van der Waals surface area contributed by atoms with Crippen molar-refractivity contribution in [1.82, 2.24) is 10.9 Å². The van der Waals surface area contributed by atoms with Crippen LogP contribution in [0.15, 0.2) is 48.7 Å². The Morgan fingerprint density at radius 2 is 1.81 bits per heavy atom. The third-order valence-corrected chi connectivity index (χ3v) is 4.01. The van der Waals surface area contributed by atoms with E-state index in [0.29, 0.717) is 12.1 Å². The zero-order valence-electron chi connectivity index (χ0n) is 15.0. The number of carbonyl (C=O) groups is 2. The summed E-state index contributed by atoms with van der Waals surface area (Å²) in [6.45, 7) is 7.79. The van der Waals surface area contributed by atoms with E-state index >= 15 is 0 Å². The van der Waals surface area contributed by atoms with Crippen molar-refractivity contribution in [2.24, 2.45) is 5.92 Å². The molecule has 3 N–H and O–H groups in total. The molecule has 0 saturated carbocycles. The molecule has 6 nitrogen and oxygen atoms in total. The highest BCUT2D eigenvalue weighted by Gasteiger charge is 2.23. The molecule has 0 bridgehead atoms. The van der Waals surface area contributed by atoms with E-state index in [0.717, 1.165) is 17.2 Å². The van der Waals surface area contributed by atoms with Crippen LogP contribution < -0.4 is 10.9 Å². The van der Waals surface area contributed by atoms with E-state index in [1.54, 1.807) is 13.0 Å². The first-order chi connectivity index (χ1) is 12.5. The summed E-state index contributed by atoms with van der Waals surface area (Å²) in [7, 11) is 0. The van der Waals surface area contributed by atoms with E-state index in [2.05, 4.69) is 17.4 Å². The second-order valence-electron chi connectivity index (χ2n) is 5.91. The number of phenolic OH excluding ortho intramolecular Hbond substituents is 1. The number of benzene rings is 2. The van der Waals surface area contributed by atoms with Crippen molar-refractivity contribution in [2.45, 2.75) is 26.7 Å². The normalized spacial score (nSPS) is 11.6. The molecule has 0 heterocycles. The van der Waals surface area contributed by atoms with Crippen LogP contribution in [0, 0.1) is 5.92 Å². The Hall–Kier alpha value is -3.02. The van der Waals surface area contributed by atoms with E-state index < -0.39 is 11.8 Å². The fraction of sp³-hybridized carbons (Fsp3) is 0.300. The van der Waals surface area contributed by atoms with Crippen molar-refractivity contribution in [3.8, 4) is 5.75 Å². The van der Waals surface area contributed by atoms with E-state index in [1.807, 2.05) is 31.2 Å². The third kappa shape index (κ3) is 4.53. The van der Waals surface area contributed by atoms with Crippen LogP contribution in [0.3, 0.4) is 0 Å². The molecule has 2 aromatic carbocycles. The predicted octanol–water partition coefficient (Wildman–Crippen LogP) is 3.27. The number of aromatic hydroxyl groups is 1. The Bertz CT molecular complexity index is 817. The molecule has 0 spiro atoms. The molecule has 0 saturated heterocycles. The maximum absolute atomic E-state index is 12.4. The highest BCUT2D eigenvalue weighted by Crippen LogP contribution is 2.25. The first-order valence-electron chi connectivity index (χ1n) is 8.61. The molecule has 6 heteroatoms. The van der Waals surface area contributed by atoms with Crippen LogP contribution in [0.5, 0.6) is 5.75 Å². The first kappa shape index (κ1) is 19.3. The van der Waals surface area contributed by atoms with Crippen molar-refractivity contribution in [3.63, 3.8) is 0 Å². The SMILES string of the molecule is C=C(NNC(=O)c1cc2ccccc2cc1O)C(CCC)C(=O)OCC. The molecule has 1 amide bonds. The number of ether oxygens (including phenoxy) is 1. The molecule has 0 aliphatic rings. The monoisotopic (exact) mass is 356 g/mol. The number of fused-ring (bicyclic) bond motifs is 1. The molecular weight excluding hydrogens is 332 g/mol. The fourth-order valence-electron chi connectivity index (χ4n) is 2.67. The number of rotatable bonds is 8. The summed E-state index contributed by atoms with van der Waals surface area (Å²) >= 11 is 0. The van der Waals surface area contributed by atoms with Crippen molar-refractivity contribution in [1.29, 1.82) is 0 Å². The van der Waals surface area contributed by atoms with Gasteiger partial charge in [0.15, 0.2) is 0 Å². The van der Waals surface area contributed by atoms with Gasteiger partial charge in [-0.3, -0.25) is 15.0 Å². The summed E-state index contributed by atoms with van der Waals surface area (Å²) in [6, 6.07) is 10.6. The molecule has 0 aliphatic heterocycles. The summed E-state index contributed by atoms with van der Waals surface area (Å²) in [4.78, 5) is 24.4. The number of hydrogen-bond donors (Lipinski definition) is 3. The molecule has 0 aliphatic carbocycles. The number of esters is 1. The van der Waals surface area contributed by atoms with Crippen LogP contribution >= 0.6 is 0 Å². The maximum Gasteiger partial charge on any atom is 0.314 e. The minimum Gasteiger partial charge on any atom is -0.507 e. The lowest BCUT2D eigenvalue weighted by atomic mass is 10.0. The van der Waals surface area contributed by atoms with Gasteiger partial charge >= 0.3 is 5.97 Å². The zero-order chi connectivity index (χ0) is 19.1. The predicted molar refractivity (Wildman–Crippen MR) is 100 cm³/mol. The Balaban J connectivity index is 2.08. The van der Waals surface area contributed by atoms with Crippen LogP contribution in [-0.2, 0) is 9.53 Å². The molecule has 0 fully saturated rings. The average Bonchev–Trinajstić information content (AvgIpc) is 2.63. The second-order valence-corrected chi connectivity index (χ2v) is 5.91. The van der Waals surface area contributed by atoms with Crippen molar-refractivity contribution < 1.29 is 19.4 Å². The van der Waals surface area contributed by atoms with Crippen molar-refractivity contribution in [3.05, 3.63) is 54.2 Å². The number of carbonyl (C=O) groups excluding carboxylic acids is 2. The highest BCUT2D eigenvalue weighted by atomic mass is 16.5. The van der Waals surface area contributed by atoms with Gasteiger partial charge in [0, 0.05) is 5.70 Å². The summed E-state index contributed by atoms with van der Waals surface area (Å²) in [5.74, 6) is -1.57. The molecular formula is C20H24N2O4.